The molecule has 2 aromatic carbocycles. The molecule has 27 heavy (non-hydrogen) atoms. The average Bonchev–Trinajstić information content (AvgIpc) is 2.72. The monoisotopic (exact) mass is 366 g/mol. The maximum Gasteiger partial charge on any atom is 0.119 e. The molecule has 0 heterocycles. The first-order valence-electron chi connectivity index (χ1n) is 10.4. The van der Waals surface area contributed by atoms with Gasteiger partial charge >= 0.3 is 0 Å². The molecule has 0 aromatic heterocycles. The van der Waals surface area contributed by atoms with Crippen LogP contribution in [0.25, 0.3) is 0 Å². The van der Waals surface area contributed by atoms with E-state index in [-0.39, 0.29) is 0 Å². The van der Waals surface area contributed by atoms with Gasteiger partial charge in [0.1, 0.15) is 5.75 Å². The van der Waals surface area contributed by atoms with Crippen molar-refractivity contribution in [1.82, 2.24) is 0 Å². The van der Waals surface area contributed by atoms with E-state index in [1.54, 1.807) is 0 Å². The van der Waals surface area contributed by atoms with Crippen LogP contribution in [0.2, 0.25) is 0 Å². The smallest absolute Gasteiger partial charge is 0.119 e. The number of unbranched alkanes of at least 4 members (excludes halogenated alkanes) is 4. The van der Waals surface area contributed by atoms with Crippen molar-refractivity contribution in [3.8, 4) is 5.75 Å². The van der Waals surface area contributed by atoms with E-state index in [0.717, 1.165) is 36.6 Å². The van der Waals surface area contributed by atoms with Gasteiger partial charge in [0.25, 0.3) is 0 Å². The minimum Gasteiger partial charge on any atom is -0.493 e. The number of hydrogen-bond donors (Lipinski definition) is 0. The van der Waals surface area contributed by atoms with Crippen LogP contribution in [0.3, 0.4) is 0 Å². The summed E-state index contributed by atoms with van der Waals surface area (Å²) in [6.07, 6.45) is 8.88. The fourth-order valence-corrected chi connectivity index (χ4v) is 2.74. The number of azo groups is 1. The molecule has 0 aliphatic carbocycles. The van der Waals surface area contributed by atoms with E-state index in [0.29, 0.717) is 5.92 Å². The molecule has 0 aliphatic rings. The van der Waals surface area contributed by atoms with Gasteiger partial charge in [0.2, 0.25) is 0 Å². The van der Waals surface area contributed by atoms with Crippen LogP contribution in [0.1, 0.15) is 64.9 Å². The van der Waals surface area contributed by atoms with Crippen molar-refractivity contribution in [2.45, 2.75) is 65.7 Å². The van der Waals surface area contributed by atoms with E-state index in [2.05, 4.69) is 55.3 Å². The second kappa shape index (κ2) is 12.3. The first-order chi connectivity index (χ1) is 13.2. The van der Waals surface area contributed by atoms with E-state index in [4.69, 9.17) is 4.74 Å². The van der Waals surface area contributed by atoms with Gasteiger partial charge in [0.05, 0.1) is 18.0 Å². The zero-order valence-corrected chi connectivity index (χ0v) is 17.2. The number of hydrogen-bond acceptors (Lipinski definition) is 3. The van der Waals surface area contributed by atoms with Gasteiger partial charge in [0, 0.05) is 0 Å². The largest absolute Gasteiger partial charge is 0.493 e. The second-order valence-electron chi connectivity index (χ2n) is 7.35. The highest BCUT2D eigenvalue weighted by Gasteiger charge is 2.00. The van der Waals surface area contributed by atoms with Gasteiger partial charge in [-0.1, -0.05) is 65.0 Å². The summed E-state index contributed by atoms with van der Waals surface area (Å²) in [6, 6.07) is 16.2. The number of ether oxygens (including phenoxy) is 1. The Morgan fingerprint density at radius 1 is 0.778 bits per heavy atom. The summed E-state index contributed by atoms with van der Waals surface area (Å²) in [6.45, 7) is 7.38. The number of nitrogens with zero attached hydrogens (tertiary/aromatic N) is 2. The van der Waals surface area contributed by atoms with Crippen LogP contribution in [0, 0.1) is 5.92 Å². The van der Waals surface area contributed by atoms with Gasteiger partial charge in [-0.3, -0.25) is 0 Å². The zero-order valence-electron chi connectivity index (χ0n) is 17.2. The molecule has 0 N–H and O–H groups in total. The van der Waals surface area contributed by atoms with Crippen LogP contribution in [0.15, 0.2) is 58.8 Å². The molecular formula is C24H34N2O. The summed E-state index contributed by atoms with van der Waals surface area (Å²) in [4.78, 5) is 0. The molecule has 3 heteroatoms. The van der Waals surface area contributed by atoms with E-state index < -0.39 is 0 Å². The molecule has 0 unspecified atom stereocenters. The van der Waals surface area contributed by atoms with Crippen LogP contribution < -0.4 is 4.74 Å². The lowest BCUT2D eigenvalue weighted by Gasteiger charge is -2.10. The van der Waals surface area contributed by atoms with Crippen molar-refractivity contribution in [2.24, 2.45) is 16.1 Å². The Labute approximate surface area is 164 Å². The number of benzene rings is 2. The first kappa shape index (κ1) is 21.1. The van der Waals surface area contributed by atoms with Gasteiger partial charge in [0.15, 0.2) is 0 Å². The normalized spacial score (nSPS) is 12.4. The fourth-order valence-electron chi connectivity index (χ4n) is 2.74. The minimum atomic E-state index is 0.573. The molecule has 0 aliphatic heterocycles. The predicted molar refractivity (Wildman–Crippen MR) is 114 cm³/mol. The maximum absolute atomic E-state index is 5.77. The van der Waals surface area contributed by atoms with E-state index in [9.17, 15) is 0 Å². The lowest BCUT2D eigenvalue weighted by atomic mass is 10.1. The number of rotatable bonds is 12. The Kier molecular flexibility index (Phi) is 9.61. The van der Waals surface area contributed by atoms with Gasteiger partial charge in [-0.05, 0) is 60.7 Å². The van der Waals surface area contributed by atoms with Crippen molar-refractivity contribution in [3.63, 3.8) is 0 Å². The molecular weight excluding hydrogens is 332 g/mol. The van der Waals surface area contributed by atoms with E-state index in [1.165, 1.54) is 37.7 Å². The summed E-state index contributed by atoms with van der Waals surface area (Å²) in [5.74, 6) is 1.46. The van der Waals surface area contributed by atoms with Crippen LogP contribution in [0.4, 0.5) is 11.4 Å². The second-order valence-corrected chi connectivity index (χ2v) is 7.35. The topological polar surface area (TPSA) is 34.0 Å². The molecule has 3 nitrogen and oxygen atoms in total. The molecule has 2 rings (SSSR count). The molecule has 1 atom stereocenters. The van der Waals surface area contributed by atoms with Gasteiger partial charge in [-0.2, -0.15) is 10.2 Å². The van der Waals surface area contributed by atoms with E-state index >= 15 is 0 Å². The molecule has 0 bridgehead atoms. The Morgan fingerprint density at radius 3 is 1.96 bits per heavy atom. The molecule has 0 saturated carbocycles. The van der Waals surface area contributed by atoms with Gasteiger partial charge < -0.3 is 4.74 Å². The average molecular weight is 367 g/mol. The molecule has 0 radical (unpaired) electrons. The highest BCUT2D eigenvalue weighted by Crippen LogP contribution is 2.22. The SMILES string of the molecule is CCCCCCCc1ccc(/N=N/c2ccc(OC[C@@H](C)CC)cc2)cc1. The van der Waals surface area contributed by atoms with Crippen molar-refractivity contribution >= 4 is 11.4 Å². The predicted octanol–water partition coefficient (Wildman–Crippen LogP) is 8.04. The van der Waals surface area contributed by atoms with Crippen LogP contribution >= 0.6 is 0 Å². The quantitative estimate of drug-likeness (QED) is 0.276. The van der Waals surface area contributed by atoms with Gasteiger partial charge in [-0.15, -0.1) is 0 Å². The molecule has 146 valence electrons. The van der Waals surface area contributed by atoms with Crippen molar-refractivity contribution in [2.75, 3.05) is 6.61 Å². The van der Waals surface area contributed by atoms with Crippen LogP contribution in [-0.4, -0.2) is 6.61 Å². The van der Waals surface area contributed by atoms with Crippen molar-refractivity contribution in [1.29, 1.82) is 0 Å². The van der Waals surface area contributed by atoms with Crippen LogP contribution in [0.5, 0.6) is 5.75 Å². The molecule has 0 spiro atoms. The third-order valence-corrected chi connectivity index (χ3v) is 4.85. The first-order valence-corrected chi connectivity index (χ1v) is 10.4. The summed E-state index contributed by atoms with van der Waals surface area (Å²) >= 11 is 0. The molecule has 0 amide bonds. The third-order valence-electron chi connectivity index (χ3n) is 4.85. The highest BCUT2D eigenvalue weighted by atomic mass is 16.5. The van der Waals surface area contributed by atoms with Crippen molar-refractivity contribution < 1.29 is 4.74 Å². The zero-order chi connectivity index (χ0) is 19.3. The lowest BCUT2D eigenvalue weighted by molar-refractivity contribution is 0.256. The Balaban J connectivity index is 1.79. The van der Waals surface area contributed by atoms with Gasteiger partial charge in [-0.25, -0.2) is 0 Å². The highest BCUT2D eigenvalue weighted by molar-refractivity contribution is 5.43. The molecule has 2 aromatic rings. The Bertz CT molecular complexity index is 662. The van der Waals surface area contributed by atoms with Crippen LogP contribution in [-0.2, 0) is 6.42 Å². The lowest BCUT2D eigenvalue weighted by Crippen LogP contribution is -2.06. The minimum absolute atomic E-state index is 0.573. The molecule has 0 saturated heterocycles. The standard InChI is InChI=1S/C24H34N2O/c1-4-6-7-8-9-10-21-11-13-22(14-12-21)25-26-23-15-17-24(18-16-23)27-19-20(3)5-2/h11-18,20H,4-10,19H2,1-3H3/b26-25+/t20-/m0/s1. The van der Waals surface area contributed by atoms with E-state index in [1.807, 2.05) is 24.3 Å². The summed E-state index contributed by atoms with van der Waals surface area (Å²) < 4.78 is 5.77. The molecule has 0 fully saturated rings. The summed E-state index contributed by atoms with van der Waals surface area (Å²) in [5.41, 5.74) is 3.11. The summed E-state index contributed by atoms with van der Waals surface area (Å²) in [5, 5.41) is 8.66. The Morgan fingerprint density at radius 2 is 1.37 bits per heavy atom. The summed E-state index contributed by atoms with van der Waals surface area (Å²) in [7, 11) is 0. The fraction of sp³-hybridized carbons (Fsp3) is 0.500. The van der Waals surface area contributed by atoms with Crippen molar-refractivity contribution in [3.05, 3.63) is 54.1 Å². The third kappa shape index (κ3) is 8.38. The Hall–Kier alpha value is -2.16. The number of aryl methyl sites for hydroxylation is 1. The maximum atomic E-state index is 5.77.